The van der Waals surface area contributed by atoms with E-state index >= 15 is 0 Å². The topological polar surface area (TPSA) is 64.1 Å². The average molecular weight is 357 g/mol. The number of aliphatic imine (C=N–C) groups is 1. The van der Waals surface area contributed by atoms with Crippen LogP contribution in [0.5, 0.6) is 17.2 Å². The number of hydrogen-bond donors (Lipinski definition) is 2. The number of nitrogens with one attached hydrogen (secondary N) is 2. The first-order valence-electron chi connectivity index (χ1n) is 8.59. The Hall–Kier alpha value is -2.89. The van der Waals surface area contributed by atoms with Crippen LogP contribution in [-0.2, 0) is 6.42 Å². The molecule has 140 valence electrons. The SMILES string of the molecule is CN=C(NCCOc1ccc(OC)cc1)NCCc1cccc(OC)c1. The van der Waals surface area contributed by atoms with Crippen molar-refractivity contribution in [2.45, 2.75) is 6.42 Å². The van der Waals surface area contributed by atoms with Gasteiger partial charge >= 0.3 is 0 Å². The second-order valence-corrected chi connectivity index (χ2v) is 5.55. The molecule has 0 amide bonds. The van der Waals surface area contributed by atoms with Gasteiger partial charge in [0, 0.05) is 13.6 Å². The number of methoxy groups -OCH3 is 2. The molecule has 6 heteroatoms. The van der Waals surface area contributed by atoms with Crippen LogP contribution < -0.4 is 24.8 Å². The maximum atomic E-state index is 5.68. The number of nitrogens with zero attached hydrogens (tertiary/aromatic N) is 1. The van der Waals surface area contributed by atoms with Crippen LogP contribution >= 0.6 is 0 Å². The fraction of sp³-hybridized carbons (Fsp3) is 0.350. The normalized spacial score (nSPS) is 11.0. The molecule has 26 heavy (non-hydrogen) atoms. The molecule has 2 rings (SSSR count). The van der Waals surface area contributed by atoms with Crippen molar-refractivity contribution in [2.75, 3.05) is 41.0 Å². The molecule has 0 unspecified atom stereocenters. The van der Waals surface area contributed by atoms with Gasteiger partial charge in [-0.15, -0.1) is 0 Å². The van der Waals surface area contributed by atoms with Crippen LogP contribution in [0.2, 0.25) is 0 Å². The Morgan fingerprint density at radius 1 is 0.885 bits per heavy atom. The van der Waals surface area contributed by atoms with Crippen molar-refractivity contribution in [3.05, 3.63) is 54.1 Å². The lowest BCUT2D eigenvalue weighted by atomic mass is 10.1. The second kappa shape index (κ2) is 10.9. The highest BCUT2D eigenvalue weighted by atomic mass is 16.5. The Kier molecular flexibility index (Phi) is 8.12. The van der Waals surface area contributed by atoms with Gasteiger partial charge in [-0.3, -0.25) is 4.99 Å². The van der Waals surface area contributed by atoms with Crippen LogP contribution in [0.3, 0.4) is 0 Å². The molecule has 0 saturated heterocycles. The highest BCUT2D eigenvalue weighted by Crippen LogP contribution is 2.16. The molecule has 2 aromatic carbocycles. The largest absolute Gasteiger partial charge is 0.497 e. The van der Waals surface area contributed by atoms with Crippen molar-refractivity contribution in [3.63, 3.8) is 0 Å². The van der Waals surface area contributed by atoms with E-state index in [1.165, 1.54) is 5.56 Å². The fourth-order valence-electron chi connectivity index (χ4n) is 2.38. The minimum absolute atomic E-state index is 0.545. The molecule has 2 N–H and O–H groups in total. The Morgan fingerprint density at radius 2 is 1.58 bits per heavy atom. The minimum Gasteiger partial charge on any atom is -0.497 e. The van der Waals surface area contributed by atoms with Gasteiger partial charge in [-0.2, -0.15) is 0 Å². The van der Waals surface area contributed by atoms with Crippen LogP contribution in [-0.4, -0.2) is 46.9 Å². The van der Waals surface area contributed by atoms with Crippen molar-refractivity contribution in [1.82, 2.24) is 10.6 Å². The van der Waals surface area contributed by atoms with E-state index in [-0.39, 0.29) is 0 Å². The molecule has 0 fully saturated rings. The molecule has 0 aromatic heterocycles. The third kappa shape index (κ3) is 6.55. The number of benzene rings is 2. The van der Waals surface area contributed by atoms with E-state index in [0.29, 0.717) is 13.2 Å². The zero-order chi connectivity index (χ0) is 18.6. The molecular formula is C20H27N3O3. The summed E-state index contributed by atoms with van der Waals surface area (Å²) >= 11 is 0. The summed E-state index contributed by atoms with van der Waals surface area (Å²) in [7, 11) is 5.08. The molecular weight excluding hydrogens is 330 g/mol. The van der Waals surface area contributed by atoms with E-state index in [0.717, 1.165) is 36.2 Å². The summed E-state index contributed by atoms with van der Waals surface area (Å²) in [4.78, 5) is 4.22. The number of guanidine groups is 1. The summed E-state index contributed by atoms with van der Waals surface area (Å²) in [5, 5.41) is 6.53. The molecule has 0 radical (unpaired) electrons. The average Bonchev–Trinajstić information content (AvgIpc) is 2.70. The van der Waals surface area contributed by atoms with Crippen molar-refractivity contribution in [1.29, 1.82) is 0 Å². The first-order valence-corrected chi connectivity index (χ1v) is 8.59. The lowest BCUT2D eigenvalue weighted by molar-refractivity contribution is 0.321. The third-order valence-electron chi connectivity index (χ3n) is 3.79. The van der Waals surface area contributed by atoms with Crippen molar-refractivity contribution in [2.24, 2.45) is 4.99 Å². The van der Waals surface area contributed by atoms with E-state index in [4.69, 9.17) is 14.2 Å². The predicted octanol–water partition coefficient (Wildman–Crippen LogP) is 2.49. The molecule has 0 bridgehead atoms. The van der Waals surface area contributed by atoms with Crippen LogP contribution in [0, 0.1) is 0 Å². The molecule has 6 nitrogen and oxygen atoms in total. The van der Waals surface area contributed by atoms with Gasteiger partial charge in [0.25, 0.3) is 0 Å². The molecule has 0 atom stereocenters. The van der Waals surface area contributed by atoms with Gasteiger partial charge in [0.2, 0.25) is 0 Å². The van der Waals surface area contributed by atoms with Crippen molar-refractivity contribution < 1.29 is 14.2 Å². The molecule has 0 heterocycles. The van der Waals surface area contributed by atoms with E-state index in [2.05, 4.69) is 21.7 Å². The van der Waals surface area contributed by atoms with Gasteiger partial charge in [-0.05, 0) is 48.4 Å². The second-order valence-electron chi connectivity index (χ2n) is 5.55. The highest BCUT2D eigenvalue weighted by molar-refractivity contribution is 5.79. The summed E-state index contributed by atoms with van der Waals surface area (Å²) in [6, 6.07) is 15.6. The van der Waals surface area contributed by atoms with Gasteiger partial charge in [0.1, 0.15) is 23.9 Å². The Labute approximate surface area is 155 Å². The Morgan fingerprint density at radius 3 is 2.27 bits per heavy atom. The third-order valence-corrected chi connectivity index (χ3v) is 3.79. The summed E-state index contributed by atoms with van der Waals surface area (Å²) in [6.07, 6.45) is 0.889. The maximum Gasteiger partial charge on any atom is 0.191 e. The van der Waals surface area contributed by atoms with Crippen LogP contribution in [0.1, 0.15) is 5.56 Å². The summed E-state index contributed by atoms with van der Waals surface area (Å²) in [5.41, 5.74) is 1.22. The van der Waals surface area contributed by atoms with Crippen LogP contribution in [0.4, 0.5) is 0 Å². The Balaban J connectivity index is 1.65. The van der Waals surface area contributed by atoms with Crippen LogP contribution in [0.15, 0.2) is 53.5 Å². The summed E-state index contributed by atoms with van der Waals surface area (Å²) in [5.74, 6) is 3.26. The summed E-state index contributed by atoms with van der Waals surface area (Å²) in [6.45, 7) is 1.99. The summed E-state index contributed by atoms with van der Waals surface area (Å²) < 4.78 is 16.1. The minimum atomic E-state index is 0.545. The predicted molar refractivity (Wildman–Crippen MR) is 105 cm³/mol. The zero-order valence-electron chi connectivity index (χ0n) is 15.6. The molecule has 0 aliphatic rings. The standard InChI is InChI=1S/C20H27N3O3/c1-21-20(22-12-11-16-5-4-6-19(15-16)25-3)23-13-14-26-18-9-7-17(24-2)8-10-18/h4-10,15H,11-14H2,1-3H3,(H2,21,22,23). The molecule has 0 spiro atoms. The van der Waals surface area contributed by atoms with E-state index in [1.807, 2.05) is 42.5 Å². The molecule has 0 saturated carbocycles. The first-order chi connectivity index (χ1) is 12.7. The zero-order valence-corrected chi connectivity index (χ0v) is 15.6. The van der Waals surface area contributed by atoms with Gasteiger partial charge < -0.3 is 24.8 Å². The van der Waals surface area contributed by atoms with Gasteiger partial charge in [0.15, 0.2) is 5.96 Å². The maximum absolute atomic E-state index is 5.68. The molecule has 0 aliphatic carbocycles. The Bertz CT molecular complexity index is 687. The van der Waals surface area contributed by atoms with E-state index < -0.39 is 0 Å². The molecule has 2 aromatic rings. The fourth-order valence-corrected chi connectivity index (χ4v) is 2.38. The number of rotatable bonds is 9. The van der Waals surface area contributed by atoms with Crippen molar-refractivity contribution in [3.8, 4) is 17.2 Å². The van der Waals surface area contributed by atoms with E-state index in [9.17, 15) is 0 Å². The number of hydrogen-bond acceptors (Lipinski definition) is 4. The lowest BCUT2D eigenvalue weighted by Crippen LogP contribution is -2.40. The highest BCUT2D eigenvalue weighted by Gasteiger charge is 2.00. The van der Waals surface area contributed by atoms with Gasteiger partial charge in [0.05, 0.1) is 20.8 Å². The monoisotopic (exact) mass is 357 g/mol. The lowest BCUT2D eigenvalue weighted by Gasteiger charge is -2.13. The van der Waals surface area contributed by atoms with E-state index in [1.54, 1.807) is 21.3 Å². The number of ether oxygens (including phenoxy) is 3. The smallest absolute Gasteiger partial charge is 0.191 e. The van der Waals surface area contributed by atoms with Crippen LogP contribution in [0.25, 0.3) is 0 Å². The first kappa shape index (κ1) is 19.4. The molecule has 0 aliphatic heterocycles. The quantitative estimate of drug-likeness (QED) is 0.410. The van der Waals surface area contributed by atoms with Crippen molar-refractivity contribution >= 4 is 5.96 Å². The van der Waals surface area contributed by atoms with Gasteiger partial charge in [-0.25, -0.2) is 0 Å². The van der Waals surface area contributed by atoms with Gasteiger partial charge in [-0.1, -0.05) is 12.1 Å².